The van der Waals surface area contributed by atoms with Crippen LogP contribution in [0.2, 0.25) is 0 Å². The number of methoxy groups -OCH3 is 1. The van der Waals surface area contributed by atoms with Crippen LogP contribution >= 0.6 is 0 Å². The van der Waals surface area contributed by atoms with E-state index in [0.717, 1.165) is 6.42 Å². The highest BCUT2D eigenvalue weighted by molar-refractivity contribution is 6.23. The Balaban J connectivity index is 1.38. The minimum atomic E-state index is -0.307. The van der Waals surface area contributed by atoms with E-state index >= 15 is 0 Å². The fourth-order valence-corrected chi connectivity index (χ4v) is 4.82. The van der Waals surface area contributed by atoms with Crippen molar-refractivity contribution in [2.45, 2.75) is 6.42 Å². The molecule has 146 valence electrons. The summed E-state index contributed by atoms with van der Waals surface area (Å²) in [4.78, 5) is 39.9. The molecule has 2 aliphatic carbocycles. The number of amides is 3. The lowest BCUT2D eigenvalue weighted by Crippen LogP contribution is -2.33. The number of fused-ring (bicyclic) bond motifs is 5. The summed E-state index contributed by atoms with van der Waals surface area (Å²) in [6.07, 6.45) is 5.03. The molecule has 2 bridgehead atoms. The van der Waals surface area contributed by atoms with Crippen LogP contribution in [0.15, 0.2) is 60.7 Å². The lowest BCUT2D eigenvalue weighted by Gasteiger charge is -2.18. The van der Waals surface area contributed by atoms with Gasteiger partial charge in [0.1, 0.15) is 5.75 Å². The van der Waals surface area contributed by atoms with Gasteiger partial charge in [0.05, 0.1) is 24.6 Å². The number of carbonyl (C=O) groups is 3. The molecule has 2 aromatic carbocycles. The molecule has 1 N–H and O–H groups in total. The third-order valence-electron chi connectivity index (χ3n) is 6.18. The van der Waals surface area contributed by atoms with Gasteiger partial charge >= 0.3 is 0 Å². The highest BCUT2D eigenvalue weighted by Crippen LogP contribution is 2.53. The van der Waals surface area contributed by atoms with Gasteiger partial charge in [-0.15, -0.1) is 0 Å². The summed E-state index contributed by atoms with van der Waals surface area (Å²) >= 11 is 0. The van der Waals surface area contributed by atoms with Crippen molar-refractivity contribution < 1.29 is 19.1 Å². The Morgan fingerprint density at radius 2 is 1.66 bits per heavy atom. The van der Waals surface area contributed by atoms with Crippen LogP contribution in [0.4, 0.5) is 11.4 Å². The highest BCUT2D eigenvalue weighted by atomic mass is 16.5. The third kappa shape index (κ3) is 2.75. The van der Waals surface area contributed by atoms with Crippen molar-refractivity contribution in [1.29, 1.82) is 0 Å². The molecule has 3 aliphatic rings. The Labute approximate surface area is 168 Å². The largest absolute Gasteiger partial charge is 0.497 e. The number of hydrogen-bond acceptors (Lipinski definition) is 4. The lowest BCUT2D eigenvalue weighted by molar-refractivity contribution is -0.123. The van der Waals surface area contributed by atoms with Gasteiger partial charge in [-0.1, -0.05) is 18.2 Å². The van der Waals surface area contributed by atoms with Gasteiger partial charge in [-0.3, -0.25) is 14.4 Å². The van der Waals surface area contributed by atoms with Crippen molar-refractivity contribution in [3.63, 3.8) is 0 Å². The molecule has 2 fully saturated rings. The van der Waals surface area contributed by atoms with E-state index in [1.165, 1.54) is 4.90 Å². The van der Waals surface area contributed by atoms with E-state index in [1.54, 1.807) is 55.6 Å². The SMILES string of the molecule is COc1ccc(NC(=O)c2cccc(N3C(=O)[C@@H]4[C@@H](C3=O)[C@H]3C=C[C@H]4C3)c2)cc1. The number of allylic oxidation sites excluding steroid dienone is 2. The number of ether oxygens (including phenoxy) is 1. The molecule has 0 aromatic heterocycles. The standard InChI is InChI=1S/C23H20N2O4/c1-29-18-9-7-16(8-10-18)24-21(26)15-3-2-4-17(12-15)25-22(27)19-13-5-6-14(11-13)20(19)23(25)28/h2-10,12-14,19-20H,11H2,1H3,(H,24,26)/t13-,14-,19-,20-/m0/s1. The molecule has 1 saturated heterocycles. The minimum absolute atomic E-state index is 0.149. The summed E-state index contributed by atoms with van der Waals surface area (Å²) in [6.45, 7) is 0. The third-order valence-corrected chi connectivity index (χ3v) is 6.18. The molecular weight excluding hydrogens is 368 g/mol. The van der Waals surface area contributed by atoms with Crippen molar-refractivity contribution in [3.05, 3.63) is 66.2 Å². The first-order valence-corrected chi connectivity index (χ1v) is 9.68. The normalized spacial score (nSPS) is 26.7. The maximum atomic E-state index is 13.0. The zero-order valence-corrected chi connectivity index (χ0v) is 15.9. The van der Waals surface area contributed by atoms with Crippen LogP contribution in [0.1, 0.15) is 16.8 Å². The van der Waals surface area contributed by atoms with Crippen LogP contribution in [0, 0.1) is 23.7 Å². The number of carbonyl (C=O) groups excluding carboxylic acids is 3. The van der Waals surface area contributed by atoms with E-state index in [4.69, 9.17) is 4.74 Å². The van der Waals surface area contributed by atoms with E-state index in [2.05, 4.69) is 17.5 Å². The molecule has 6 heteroatoms. The van der Waals surface area contributed by atoms with Crippen LogP contribution in [0.5, 0.6) is 5.75 Å². The Hall–Kier alpha value is -3.41. The van der Waals surface area contributed by atoms with Crippen molar-refractivity contribution in [1.82, 2.24) is 0 Å². The molecule has 1 saturated carbocycles. The number of rotatable bonds is 4. The number of hydrogen-bond donors (Lipinski definition) is 1. The van der Waals surface area contributed by atoms with Gasteiger partial charge in [-0.25, -0.2) is 4.90 Å². The molecule has 2 aromatic rings. The van der Waals surface area contributed by atoms with Crippen LogP contribution in [-0.2, 0) is 9.59 Å². The predicted octanol–water partition coefficient (Wildman–Crippen LogP) is 3.26. The Bertz CT molecular complexity index is 1010. The monoisotopic (exact) mass is 388 g/mol. The highest BCUT2D eigenvalue weighted by Gasteiger charge is 2.59. The molecule has 3 amide bonds. The van der Waals surface area contributed by atoms with Crippen molar-refractivity contribution in [2.75, 3.05) is 17.3 Å². The van der Waals surface area contributed by atoms with Gasteiger partial charge in [0, 0.05) is 11.3 Å². The van der Waals surface area contributed by atoms with E-state index in [-0.39, 0.29) is 41.4 Å². The van der Waals surface area contributed by atoms with Crippen molar-refractivity contribution in [2.24, 2.45) is 23.7 Å². The summed E-state index contributed by atoms with van der Waals surface area (Å²) in [6, 6.07) is 13.7. The van der Waals surface area contributed by atoms with E-state index in [9.17, 15) is 14.4 Å². The van der Waals surface area contributed by atoms with Crippen LogP contribution < -0.4 is 15.0 Å². The first kappa shape index (κ1) is 17.7. The smallest absolute Gasteiger partial charge is 0.255 e. The minimum Gasteiger partial charge on any atom is -0.497 e. The zero-order valence-electron chi connectivity index (χ0n) is 15.9. The topological polar surface area (TPSA) is 75.7 Å². The average Bonchev–Trinajstić information content (AvgIpc) is 3.42. The maximum Gasteiger partial charge on any atom is 0.255 e. The molecule has 5 rings (SSSR count). The summed E-state index contributed by atoms with van der Waals surface area (Å²) in [5, 5.41) is 2.82. The van der Waals surface area contributed by atoms with Gasteiger partial charge in [-0.05, 0) is 60.7 Å². The second kappa shape index (κ2) is 6.58. The molecule has 0 unspecified atom stereocenters. The predicted molar refractivity (Wildman–Crippen MR) is 108 cm³/mol. The molecule has 1 aliphatic heterocycles. The summed E-state index contributed by atoms with van der Waals surface area (Å²) in [7, 11) is 1.58. The molecule has 29 heavy (non-hydrogen) atoms. The van der Waals surface area contributed by atoms with Gasteiger partial charge in [0.2, 0.25) is 11.8 Å². The first-order valence-electron chi connectivity index (χ1n) is 9.68. The van der Waals surface area contributed by atoms with Crippen LogP contribution in [-0.4, -0.2) is 24.8 Å². The fraction of sp³-hybridized carbons (Fsp3) is 0.261. The Kier molecular flexibility index (Phi) is 4.01. The average molecular weight is 388 g/mol. The fourth-order valence-electron chi connectivity index (χ4n) is 4.82. The second-order valence-electron chi connectivity index (χ2n) is 7.74. The summed E-state index contributed by atoms with van der Waals surface area (Å²) in [5.74, 6) is -0.0956. The second-order valence-corrected chi connectivity index (χ2v) is 7.74. The van der Waals surface area contributed by atoms with E-state index in [0.29, 0.717) is 22.7 Å². The van der Waals surface area contributed by atoms with Crippen LogP contribution in [0.3, 0.4) is 0 Å². The van der Waals surface area contributed by atoms with E-state index < -0.39 is 0 Å². The number of nitrogens with one attached hydrogen (secondary N) is 1. The zero-order chi connectivity index (χ0) is 20.1. The van der Waals surface area contributed by atoms with Crippen molar-refractivity contribution >= 4 is 29.1 Å². The quantitative estimate of drug-likeness (QED) is 0.644. The maximum absolute atomic E-state index is 13.0. The Morgan fingerprint density at radius 1 is 1.00 bits per heavy atom. The molecule has 0 radical (unpaired) electrons. The van der Waals surface area contributed by atoms with Gasteiger partial charge in [0.25, 0.3) is 5.91 Å². The van der Waals surface area contributed by atoms with Crippen molar-refractivity contribution in [3.8, 4) is 5.75 Å². The molecular formula is C23H20N2O4. The Morgan fingerprint density at radius 3 is 2.28 bits per heavy atom. The van der Waals surface area contributed by atoms with Gasteiger partial charge in [0.15, 0.2) is 0 Å². The summed E-state index contributed by atoms with van der Waals surface area (Å²) < 4.78 is 5.12. The molecule has 0 spiro atoms. The molecule has 6 nitrogen and oxygen atoms in total. The molecule has 1 heterocycles. The number of nitrogens with zero attached hydrogens (tertiary/aromatic N) is 1. The van der Waals surface area contributed by atoms with Gasteiger partial charge in [-0.2, -0.15) is 0 Å². The van der Waals surface area contributed by atoms with Crippen LogP contribution in [0.25, 0.3) is 0 Å². The number of imide groups is 1. The number of benzene rings is 2. The lowest BCUT2D eigenvalue weighted by atomic mass is 9.85. The summed E-state index contributed by atoms with van der Waals surface area (Å²) in [5.41, 5.74) is 1.47. The number of anilines is 2. The molecule has 4 atom stereocenters. The first-order chi connectivity index (χ1) is 14.1. The van der Waals surface area contributed by atoms with E-state index in [1.807, 2.05) is 0 Å². The van der Waals surface area contributed by atoms with Gasteiger partial charge < -0.3 is 10.1 Å².